The maximum Gasteiger partial charge on any atom is 0.416 e. The standard InChI is InChI=1S/C14H10BrF6NO2/c1-22(2)12-9(10(23)11(15)24-12)6-3-7(13(16,17)18)5-8(4-6)14(19,20)21/h3-5,11H,1-2H3. The van der Waals surface area contributed by atoms with E-state index >= 15 is 0 Å². The third kappa shape index (κ3) is 3.52. The number of carbonyl (C=O) groups excluding carboxylic acids is 1. The first-order chi connectivity index (χ1) is 10.8. The lowest BCUT2D eigenvalue weighted by atomic mass is 9.97. The minimum absolute atomic E-state index is 0.00525. The zero-order valence-electron chi connectivity index (χ0n) is 12.2. The van der Waals surface area contributed by atoms with E-state index in [0.717, 1.165) is 0 Å². The van der Waals surface area contributed by atoms with E-state index in [1.54, 1.807) is 0 Å². The van der Waals surface area contributed by atoms with Gasteiger partial charge in [-0.05, 0) is 39.7 Å². The van der Waals surface area contributed by atoms with Gasteiger partial charge in [-0.1, -0.05) is 0 Å². The van der Waals surface area contributed by atoms with Crippen molar-refractivity contribution < 1.29 is 35.9 Å². The molecular formula is C14H10BrF6NO2. The van der Waals surface area contributed by atoms with Gasteiger partial charge in [0.2, 0.25) is 16.7 Å². The zero-order chi connectivity index (χ0) is 18.4. The Kier molecular flexibility index (Phi) is 4.64. The van der Waals surface area contributed by atoms with Crippen molar-refractivity contribution in [3.8, 4) is 0 Å². The summed E-state index contributed by atoms with van der Waals surface area (Å²) in [5.74, 6) is -0.875. The van der Waals surface area contributed by atoms with E-state index in [-0.39, 0.29) is 17.5 Å². The van der Waals surface area contributed by atoms with Gasteiger partial charge in [0.25, 0.3) is 0 Å². The van der Waals surface area contributed by atoms with Gasteiger partial charge < -0.3 is 9.64 Å². The highest BCUT2D eigenvalue weighted by Crippen LogP contribution is 2.40. The minimum Gasteiger partial charge on any atom is -0.455 e. The fourth-order valence-electron chi connectivity index (χ4n) is 2.12. The van der Waals surface area contributed by atoms with Crippen molar-refractivity contribution in [1.29, 1.82) is 0 Å². The molecule has 1 atom stereocenters. The van der Waals surface area contributed by atoms with E-state index in [0.29, 0.717) is 12.1 Å². The van der Waals surface area contributed by atoms with Gasteiger partial charge in [0, 0.05) is 14.1 Å². The summed E-state index contributed by atoms with van der Waals surface area (Å²) >= 11 is 2.88. The van der Waals surface area contributed by atoms with Crippen LogP contribution < -0.4 is 0 Å². The summed E-state index contributed by atoms with van der Waals surface area (Å²) in [7, 11) is 2.90. The molecular weight excluding hydrogens is 408 g/mol. The van der Waals surface area contributed by atoms with Crippen molar-refractivity contribution >= 4 is 27.3 Å². The summed E-state index contributed by atoms with van der Waals surface area (Å²) in [4.78, 5) is 13.4. The number of hydrogen-bond acceptors (Lipinski definition) is 3. The molecule has 3 nitrogen and oxygen atoms in total. The van der Waals surface area contributed by atoms with Crippen LogP contribution >= 0.6 is 15.9 Å². The van der Waals surface area contributed by atoms with E-state index in [2.05, 4.69) is 15.9 Å². The molecule has 1 heterocycles. The lowest BCUT2D eigenvalue weighted by Crippen LogP contribution is -2.14. The highest BCUT2D eigenvalue weighted by molar-refractivity contribution is 9.09. The average Bonchev–Trinajstić information content (AvgIpc) is 2.73. The molecule has 1 aromatic rings. The summed E-state index contributed by atoms with van der Waals surface area (Å²) in [6.07, 6.45) is -9.99. The number of hydrogen-bond donors (Lipinski definition) is 0. The molecule has 1 aliphatic heterocycles. The summed E-state index contributed by atoms with van der Waals surface area (Å²) < 4.78 is 82.8. The van der Waals surface area contributed by atoms with Gasteiger partial charge in [-0.15, -0.1) is 0 Å². The largest absolute Gasteiger partial charge is 0.455 e. The molecule has 0 radical (unpaired) electrons. The Bertz CT molecular complexity index is 676. The molecule has 1 unspecified atom stereocenters. The van der Waals surface area contributed by atoms with Gasteiger partial charge in [-0.25, -0.2) is 0 Å². The number of benzene rings is 1. The van der Waals surface area contributed by atoms with E-state index < -0.39 is 39.8 Å². The fourth-order valence-corrected chi connectivity index (χ4v) is 2.53. The average molecular weight is 418 g/mol. The summed E-state index contributed by atoms with van der Waals surface area (Å²) in [5.41, 5.74) is -3.85. The molecule has 0 bridgehead atoms. The van der Waals surface area contributed by atoms with Gasteiger partial charge in [-0.2, -0.15) is 26.3 Å². The second-order valence-electron chi connectivity index (χ2n) is 5.17. The van der Waals surface area contributed by atoms with Crippen LogP contribution in [0.3, 0.4) is 0 Å². The quantitative estimate of drug-likeness (QED) is 0.531. The molecule has 0 aliphatic carbocycles. The Morgan fingerprint density at radius 2 is 1.46 bits per heavy atom. The first kappa shape index (κ1) is 18.6. The lowest BCUT2D eigenvalue weighted by Gasteiger charge is -2.17. The van der Waals surface area contributed by atoms with Crippen LogP contribution in [-0.4, -0.2) is 29.8 Å². The number of halogens is 7. The maximum absolute atomic E-state index is 12.9. The van der Waals surface area contributed by atoms with E-state index in [9.17, 15) is 31.1 Å². The number of rotatable bonds is 2. The summed E-state index contributed by atoms with van der Waals surface area (Å²) in [6.45, 7) is 0. The van der Waals surface area contributed by atoms with Gasteiger partial charge in [0.05, 0.1) is 16.7 Å². The molecule has 1 aromatic carbocycles. The summed E-state index contributed by atoms with van der Waals surface area (Å²) in [5, 5.41) is -1.17. The topological polar surface area (TPSA) is 29.5 Å². The van der Waals surface area contributed by atoms with Crippen LogP contribution in [0.4, 0.5) is 26.3 Å². The number of carbonyl (C=O) groups is 1. The van der Waals surface area contributed by atoms with Crippen LogP contribution in [0.15, 0.2) is 24.1 Å². The molecule has 24 heavy (non-hydrogen) atoms. The van der Waals surface area contributed by atoms with Crippen LogP contribution in [0, 0.1) is 0 Å². The Balaban J connectivity index is 2.74. The van der Waals surface area contributed by atoms with Crippen LogP contribution in [-0.2, 0) is 21.9 Å². The van der Waals surface area contributed by atoms with Crippen molar-refractivity contribution in [2.45, 2.75) is 17.4 Å². The van der Waals surface area contributed by atoms with Crippen molar-refractivity contribution in [1.82, 2.24) is 4.90 Å². The number of Topliss-reactive ketones (excluding diaryl/α,β-unsaturated/α-hetero) is 1. The zero-order valence-corrected chi connectivity index (χ0v) is 13.8. The molecule has 0 aromatic heterocycles. The monoisotopic (exact) mass is 417 g/mol. The van der Waals surface area contributed by atoms with Gasteiger partial charge in [0.15, 0.2) is 0 Å². The number of ketones is 1. The van der Waals surface area contributed by atoms with Crippen molar-refractivity contribution in [3.05, 3.63) is 40.8 Å². The predicted molar refractivity (Wildman–Crippen MR) is 75.9 cm³/mol. The second kappa shape index (κ2) is 5.98. The van der Waals surface area contributed by atoms with Crippen LogP contribution in [0.2, 0.25) is 0 Å². The molecule has 0 amide bonds. The van der Waals surface area contributed by atoms with E-state index in [4.69, 9.17) is 4.74 Å². The second-order valence-corrected chi connectivity index (χ2v) is 6.00. The van der Waals surface area contributed by atoms with Crippen molar-refractivity contribution in [3.63, 3.8) is 0 Å². The highest BCUT2D eigenvalue weighted by atomic mass is 79.9. The van der Waals surface area contributed by atoms with Crippen molar-refractivity contribution in [2.24, 2.45) is 0 Å². The SMILES string of the molecule is CN(C)C1=C(c2cc(C(F)(F)F)cc(C(F)(F)F)c2)C(=O)C(Br)O1. The minimum atomic E-state index is -4.99. The van der Waals surface area contributed by atoms with E-state index in [1.165, 1.54) is 19.0 Å². The van der Waals surface area contributed by atoms with Crippen LogP contribution in [0.1, 0.15) is 16.7 Å². The number of nitrogens with zero attached hydrogens (tertiary/aromatic N) is 1. The molecule has 0 saturated carbocycles. The highest BCUT2D eigenvalue weighted by Gasteiger charge is 2.40. The van der Waals surface area contributed by atoms with Crippen LogP contribution in [0.25, 0.3) is 5.57 Å². The molecule has 10 heteroatoms. The fraction of sp³-hybridized carbons (Fsp3) is 0.357. The van der Waals surface area contributed by atoms with E-state index in [1.807, 2.05) is 0 Å². The third-order valence-corrected chi connectivity index (χ3v) is 3.77. The Hall–Kier alpha value is -1.71. The summed E-state index contributed by atoms with van der Waals surface area (Å²) in [6, 6.07) is 1.01. The lowest BCUT2D eigenvalue weighted by molar-refractivity contribution is -0.143. The van der Waals surface area contributed by atoms with Gasteiger partial charge >= 0.3 is 12.4 Å². The maximum atomic E-state index is 12.9. The first-order valence-corrected chi connectivity index (χ1v) is 7.30. The molecule has 0 spiro atoms. The third-order valence-electron chi connectivity index (χ3n) is 3.16. The Morgan fingerprint density at radius 1 is 1.00 bits per heavy atom. The normalized spacial score (nSPS) is 18.9. The predicted octanol–water partition coefficient (Wildman–Crippen LogP) is 4.27. The number of ether oxygens (including phenoxy) is 1. The first-order valence-electron chi connectivity index (χ1n) is 6.38. The van der Waals surface area contributed by atoms with Gasteiger partial charge in [-0.3, -0.25) is 4.79 Å². The smallest absolute Gasteiger partial charge is 0.416 e. The van der Waals surface area contributed by atoms with Crippen molar-refractivity contribution in [2.75, 3.05) is 14.1 Å². The van der Waals surface area contributed by atoms with Gasteiger partial charge in [0.1, 0.15) is 0 Å². The Labute approximate surface area is 141 Å². The van der Waals surface area contributed by atoms with Crippen LogP contribution in [0.5, 0.6) is 0 Å². The molecule has 0 saturated heterocycles. The Morgan fingerprint density at radius 3 is 1.83 bits per heavy atom. The molecule has 1 aliphatic rings. The molecule has 2 rings (SSSR count). The molecule has 132 valence electrons. The molecule has 0 N–H and O–H groups in total. The molecule has 0 fully saturated rings. The number of alkyl halides is 7.